The lowest BCUT2D eigenvalue weighted by atomic mass is 10.2. The predicted molar refractivity (Wildman–Crippen MR) is 78.9 cm³/mol. The Hall–Kier alpha value is -1.00. The molecule has 0 aliphatic rings. The van der Waals surface area contributed by atoms with Crippen LogP contribution in [0.4, 0.5) is 5.69 Å². The van der Waals surface area contributed by atoms with Gasteiger partial charge in [-0.1, -0.05) is 13.8 Å². The molecule has 3 N–H and O–H groups in total. The van der Waals surface area contributed by atoms with Gasteiger partial charge in [0.05, 0.1) is 0 Å². The molecule has 0 saturated carbocycles. The topological polar surface area (TPSA) is 55.1 Å². The van der Waals surface area contributed by atoms with Crippen LogP contribution in [-0.2, 0) is 4.79 Å². The first kappa shape index (κ1) is 15.1. The SMILES string of the molecule is CC(N)CCC(=O)Nc1ccc(SC(C)C)cc1. The largest absolute Gasteiger partial charge is 0.328 e. The van der Waals surface area contributed by atoms with Gasteiger partial charge in [-0.25, -0.2) is 0 Å². The molecule has 0 bridgehead atoms. The van der Waals surface area contributed by atoms with Gasteiger partial charge in [-0.05, 0) is 37.6 Å². The molecule has 1 unspecified atom stereocenters. The average molecular weight is 266 g/mol. The fourth-order valence-corrected chi connectivity index (χ4v) is 2.31. The molecule has 0 spiro atoms. The summed E-state index contributed by atoms with van der Waals surface area (Å²) in [7, 11) is 0. The second-order valence-electron chi connectivity index (χ2n) is 4.76. The monoisotopic (exact) mass is 266 g/mol. The van der Waals surface area contributed by atoms with Crippen LogP contribution in [0.3, 0.4) is 0 Å². The van der Waals surface area contributed by atoms with Crippen LogP contribution < -0.4 is 11.1 Å². The van der Waals surface area contributed by atoms with E-state index in [0.29, 0.717) is 18.1 Å². The Morgan fingerprint density at radius 1 is 1.28 bits per heavy atom. The zero-order valence-electron chi connectivity index (χ0n) is 11.3. The van der Waals surface area contributed by atoms with Crippen LogP contribution in [0.1, 0.15) is 33.6 Å². The number of amides is 1. The standard InChI is InChI=1S/C14H22N2OS/c1-10(2)18-13-7-5-12(6-8-13)16-14(17)9-4-11(3)15/h5-8,10-11H,4,9,15H2,1-3H3,(H,16,17). The highest BCUT2D eigenvalue weighted by molar-refractivity contribution is 7.99. The number of anilines is 1. The van der Waals surface area contributed by atoms with E-state index in [1.54, 1.807) is 0 Å². The van der Waals surface area contributed by atoms with E-state index in [9.17, 15) is 4.79 Å². The van der Waals surface area contributed by atoms with E-state index in [2.05, 4.69) is 19.2 Å². The summed E-state index contributed by atoms with van der Waals surface area (Å²) >= 11 is 1.81. The minimum absolute atomic E-state index is 0.0246. The van der Waals surface area contributed by atoms with Gasteiger partial charge in [-0.3, -0.25) is 4.79 Å². The zero-order valence-corrected chi connectivity index (χ0v) is 12.1. The summed E-state index contributed by atoms with van der Waals surface area (Å²) in [6.07, 6.45) is 1.19. The van der Waals surface area contributed by atoms with Crippen LogP contribution in [0.2, 0.25) is 0 Å². The van der Waals surface area contributed by atoms with Crippen LogP contribution in [0.5, 0.6) is 0 Å². The fourth-order valence-electron chi connectivity index (χ4n) is 1.47. The Balaban J connectivity index is 2.45. The Bertz CT molecular complexity index is 374. The van der Waals surface area contributed by atoms with Crippen molar-refractivity contribution in [2.45, 2.75) is 49.8 Å². The van der Waals surface area contributed by atoms with E-state index >= 15 is 0 Å². The molecule has 0 aromatic heterocycles. The molecule has 1 atom stereocenters. The van der Waals surface area contributed by atoms with Crippen molar-refractivity contribution in [2.75, 3.05) is 5.32 Å². The van der Waals surface area contributed by atoms with Crippen molar-refractivity contribution in [3.05, 3.63) is 24.3 Å². The van der Waals surface area contributed by atoms with Crippen LogP contribution >= 0.6 is 11.8 Å². The minimum atomic E-state index is 0.0246. The van der Waals surface area contributed by atoms with Crippen molar-refractivity contribution in [1.29, 1.82) is 0 Å². The quantitative estimate of drug-likeness (QED) is 0.777. The summed E-state index contributed by atoms with van der Waals surface area (Å²) in [5.41, 5.74) is 6.46. The van der Waals surface area contributed by atoms with Gasteiger partial charge in [-0.15, -0.1) is 11.8 Å². The van der Waals surface area contributed by atoms with E-state index in [0.717, 1.165) is 5.69 Å². The Morgan fingerprint density at radius 3 is 2.39 bits per heavy atom. The molecule has 1 aromatic rings. The summed E-state index contributed by atoms with van der Waals surface area (Å²) in [5, 5.41) is 3.44. The van der Waals surface area contributed by atoms with E-state index in [1.807, 2.05) is 43.0 Å². The second-order valence-corrected chi connectivity index (χ2v) is 6.41. The molecule has 0 fully saturated rings. The molecule has 3 nitrogen and oxygen atoms in total. The van der Waals surface area contributed by atoms with Crippen molar-refractivity contribution >= 4 is 23.4 Å². The average Bonchev–Trinajstić information content (AvgIpc) is 2.28. The first-order chi connectivity index (χ1) is 8.47. The van der Waals surface area contributed by atoms with Crippen LogP contribution in [0.15, 0.2) is 29.2 Å². The molecule has 1 amide bonds. The van der Waals surface area contributed by atoms with E-state index in [1.165, 1.54) is 4.90 Å². The Kier molecular flexibility index (Phi) is 6.22. The van der Waals surface area contributed by atoms with Gasteiger partial charge in [0.1, 0.15) is 0 Å². The third kappa shape index (κ3) is 6.07. The summed E-state index contributed by atoms with van der Waals surface area (Å²) < 4.78 is 0. The number of benzene rings is 1. The number of rotatable bonds is 6. The van der Waals surface area contributed by atoms with Gasteiger partial charge < -0.3 is 11.1 Å². The van der Waals surface area contributed by atoms with Gasteiger partial charge in [0.25, 0.3) is 0 Å². The first-order valence-corrected chi connectivity index (χ1v) is 7.17. The molecule has 18 heavy (non-hydrogen) atoms. The summed E-state index contributed by atoms with van der Waals surface area (Å²) in [6, 6.07) is 8.02. The third-order valence-corrected chi connectivity index (χ3v) is 3.35. The summed E-state index contributed by atoms with van der Waals surface area (Å²) in [6.45, 7) is 6.23. The first-order valence-electron chi connectivity index (χ1n) is 6.29. The summed E-state index contributed by atoms with van der Waals surface area (Å²) in [4.78, 5) is 12.8. The lowest BCUT2D eigenvalue weighted by molar-refractivity contribution is -0.116. The van der Waals surface area contributed by atoms with Crippen LogP contribution in [0.25, 0.3) is 0 Å². The molecule has 0 heterocycles. The van der Waals surface area contributed by atoms with Gasteiger partial charge in [0.15, 0.2) is 0 Å². The maximum Gasteiger partial charge on any atom is 0.224 e. The minimum Gasteiger partial charge on any atom is -0.328 e. The molecular formula is C14H22N2OS. The van der Waals surface area contributed by atoms with Gasteiger partial charge in [0.2, 0.25) is 5.91 Å². The van der Waals surface area contributed by atoms with Crippen molar-refractivity contribution < 1.29 is 4.79 Å². The van der Waals surface area contributed by atoms with Crippen molar-refractivity contribution in [2.24, 2.45) is 5.73 Å². The van der Waals surface area contributed by atoms with Crippen LogP contribution in [-0.4, -0.2) is 17.2 Å². The molecule has 0 aliphatic carbocycles. The van der Waals surface area contributed by atoms with Gasteiger partial charge in [-0.2, -0.15) is 0 Å². The van der Waals surface area contributed by atoms with Crippen molar-refractivity contribution in [1.82, 2.24) is 0 Å². The van der Waals surface area contributed by atoms with E-state index < -0.39 is 0 Å². The number of nitrogens with one attached hydrogen (secondary N) is 1. The second kappa shape index (κ2) is 7.44. The van der Waals surface area contributed by atoms with Gasteiger partial charge >= 0.3 is 0 Å². The lowest BCUT2D eigenvalue weighted by Crippen LogP contribution is -2.19. The highest BCUT2D eigenvalue weighted by Crippen LogP contribution is 2.24. The number of carbonyl (C=O) groups is 1. The fraction of sp³-hybridized carbons (Fsp3) is 0.500. The lowest BCUT2D eigenvalue weighted by Gasteiger charge is -2.08. The maximum absolute atomic E-state index is 11.6. The zero-order chi connectivity index (χ0) is 13.5. The highest BCUT2D eigenvalue weighted by atomic mass is 32.2. The van der Waals surface area contributed by atoms with Crippen LogP contribution in [0, 0.1) is 0 Å². The van der Waals surface area contributed by atoms with E-state index in [-0.39, 0.29) is 11.9 Å². The summed E-state index contributed by atoms with van der Waals surface area (Å²) in [5.74, 6) is 0.0246. The smallest absolute Gasteiger partial charge is 0.224 e. The number of thioether (sulfide) groups is 1. The molecule has 0 saturated heterocycles. The van der Waals surface area contributed by atoms with Crippen molar-refractivity contribution in [3.63, 3.8) is 0 Å². The number of hydrogen-bond donors (Lipinski definition) is 2. The highest BCUT2D eigenvalue weighted by Gasteiger charge is 2.04. The molecule has 4 heteroatoms. The van der Waals surface area contributed by atoms with E-state index in [4.69, 9.17) is 5.73 Å². The Morgan fingerprint density at radius 2 is 1.89 bits per heavy atom. The Labute approximate surface area is 114 Å². The molecule has 100 valence electrons. The normalized spacial score (nSPS) is 12.5. The number of carbonyl (C=O) groups excluding carboxylic acids is 1. The third-order valence-electron chi connectivity index (χ3n) is 2.34. The van der Waals surface area contributed by atoms with Crippen molar-refractivity contribution in [3.8, 4) is 0 Å². The maximum atomic E-state index is 11.6. The molecular weight excluding hydrogens is 244 g/mol. The van der Waals surface area contributed by atoms with Gasteiger partial charge in [0, 0.05) is 28.3 Å². The number of hydrogen-bond acceptors (Lipinski definition) is 3. The molecule has 1 rings (SSSR count). The number of nitrogens with two attached hydrogens (primary N) is 1. The molecule has 1 aromatic carbocycles. The molecule has 0 aliphatic heterocycles. The predicted octanol–water partition coefficient (Wildman–Crippen LogP) is 3.25. The molecule has 0 radical (unpaired) electrons.